The van der Waals surface area contributed by atoms with Gasteiger partial charge in [0.05, 0.1) is 21.3 Å². The smallest absolute Gasteiger partial charge is 0.345 e. The highest BCUT2D eigenvalue weighted by molar-refractivity contribution is 6.00. The zero-order chi connectivity index (χ0) is 19.2. The predicted octanol–water partition coefficient (Wildman–Crippen LogP) is 3.76. The van der Waals surface area contributed by atoms with Gasteiger partial charge in [-0.2, -0.15) is 0 Å². The zero-order valence-corrected chi connectivity index (χ0v) is 15.3. The molecule has 0 aliphatic rings. The predicted molar refractivity (Wildman–Crippen MR) is 100 cm³/mol. The molecule has 3 rings (SSSR count). The van der Waals surface area contributed by atoms with Gasteiger partial charge >= 0.3 is 5.97 Å². The van der Waals surface area contributed by atoms with Crippen LogP contribution in [0.25, 0.3) is 11.3 Å². The summed E-state index contributed by atoms with van der Waals surface area (Å²) in [7, 11) is 4.50. The molecule has 0 atom stereocenters. The summed E-state index contributed by atoms with van der Waals surface area (Å²) < 4.78 is 20.9. The lowest BCUT2D eigenvalue weighted by molar-refractivity contribution is 0.0602. The van der Waals surface area contributed by atoms with E-state index in [-0.39, 0.29) is 11.4 Å². The molecule has 0 bridgehead atoms. The van der Waals surface area contributed by atoms with Crippen LogP contribution in [0.3, 0.4) is 0 Å². The van der Waals surface area contributed by atoms with Crippen molar-refractivity contribution in [2.24, 2.45) is 0 Å². The number of ether oxygens (including phenoxy) is 3. The first kappa shape index (κ1) is 18.3. The van der Waals surface area contributed by atoms with E-state index in [4.69, 9.17) is 18.7 Å². The van der Waals surface area contributed by atoms with Crippen LogP contribution in [0.2, 0.25) is 0 Å². The Morgan fingerprint density at radius 3 is 2.52 bits per heavy atom. The van der Waals surface area contributed by atoms with E-state index in [2.05, 4.69) is 10.5 Å². The summed E-state index contributed by atoms with van der Waals surface area (Å²) in [5.74, 6) is 1.05. The van der Waals surface area contributed by atoms with Crippen LogP contribution in [0.4, 0.5) is 5.88 Å². The molecule has 0 fully saturated rings. The third-order valence-corrected chi connectivity index (χ3v) is 4.06. The second kappa shape index (κ2) is 8.27. The van der Waals surface area contributed by atoms with Crippen molar-refractivity contribution in [1.82, 2.24) is 5.16 Å². The fraction of sp³-hybridized carbons (Fsp3) is 0.200. The first-order valence-electron chi connectivity index (χ1n) is 8.26. The Balaban J connectivity index is 1.90. The van der Waals surface area contributed by atoms with Crippen molar-refractivity contribution < 1.29 is 23.5 Å². The molecule has 7 heteroatoms. The number of nitrogens with zero attached hydrogens (tertiary/aromatic N) is 1. The normalized spacial score (nSPS) is 10.3. The number of carbonyl (C=O) groups is 1. The Labute approximate surface area is 156 Å². The number of nitrogens with one attached hydrogen (secondary N) is 1. The molecule has 0 radical (unpaired) electrons. The van der Waals surface area contributed by atoms with Gasteiger partial charge in [0.2, 0.25) is 5.88 Å². The minimum Gasteiger partial charge on any atom is -0.497 e. The van der Waals surface area contributed by atoms with Crippen molar-refractivity contribution >= 4 is 11.9 Å². The number of rotatable bonds is 7. The number of benzene rings is 2. The van der Waals surface area contributed by atoms with Gasteiger partial charge < -0.3 is 24.1 Å². The lowest BCUT2D eigenvalue weighted by Gasteiger charge is -2.11. The van der Waals surface area contributed by atoms with Gasteiger partial charge in [0.15, 0.2) is 5.56 Å². The van der Waals surface area contributed by atoms with Crippen LogP contribution in [-0.2, 0) is 11.3 Å². The lowest BCUT2D eigenvalue weighted by Crippen LogP contribution is -2.08. The monoisotopic (exact) mass is 368 g/mol. The molecular weight excluding hydrogens is 348 g/mol. The summed E-state index contributed by atoms with van der Waals surface area (Å²) in [6, 6.07) is 14.8. The molecule has 27 heavy (non-hydrogen) atoms. The number of carbonyl (C=O) groups excluding carboxylic acids is 1. The lowest BCUT2D eigenvalue weighted by atomic mass is 10.1. The van der Waals surface area contributed by atoms with Crippen molar-refractivity contribution in [1.29, 1.82) is 0 Å². The van der Waals surface area contributed by atoms with Crippen LogP contribution in [-0.4, -0.2) is 32.5 Å². The van der Waals surface area contributed by atoms with E-state index in [1.165, 1.54) is 7.11 Å². The number of methoxy groups -OCH3 is 3. The molecule has 140 valence electrons. The first-order chi connectivity index (χ1) is 13.2. The Hall–Kier alpha value is -3.48. The van der Waals surface area contributed by atoms with Crippen LogP contribution < -0.4 is 14.8 Å². The summed E-state index contributed by atoms with van der Waals surface area (Å²) in [5, 5.41) is 7.14. The average molecular weight is 368 g/mol. The average Bonchev–Trinajstić information content (AvgIpc) is 3.16. The summed E-state index contributed by atoms with van der Waals surface area (Å²) in [5.41, 5.74) is 2.30. The Bertz CT molecular complexity index is 921. The van der Waals surface area contributed by atoms with Crippen molar-refractivity contribution in [3.05, 3.63) is 59.7 Å². The van der Waals surface area contributed by atoms with Crippen LogP contribution >= 0.6 is 0 Å². The minimum atomic E-state index is -0.528. The Morgan fingerprint density at radius 2 is 1.85 bits per heavy atom. The second-order valence-corrected chi connectivity index (χ2v) is 5.62. The van der Waals surface area contributed by atoms with Crippen molar-refractivity contribution in [2.45, 2.75) is 6.54 Å². The SMILES string of the molecule is COC(=O)c1c(-c2ccccc2)noc1NCc1ccc(OC)cc1OC. The maximum atomic E-state index is 12.3. The molecule has 1 N–H and O–H groups in total. The van der Waals surface area contributed by atoms with E-state index < -0.39 is 5.97 Å². The molecule has 0 spiro atoms. The number of hydrogen-bond acceptors (Lipinski definition) is 7. The maximum absolute atomic E-state index is 12.3. The summed E-state index contributed by atoms with van der Waals surface area (Å²) in [4.78, 5) is 12.3. The minimum absolute atomic E-state index is 0.235. The third-order valence-electron chi connectivity index (χ3n) is 4.06. The van der Waals surface area contributed by atoms with E-state index in [1.54, 1.807) is 20.3 Å². The van der Waals surface area contributed by atoms with Crippen LogP contribution in [0.15, 0.2) is 53.1 Å². The molecule has 0 amide bonds. The fourth-order valence-electron chi connectivity index (χ4n) is 2.67. The van der Waals surface area contributed by atoms with E-state index in [9.17, 15) is 4.79 Å². The fourth-order valence-corrected chi connectivity index (χ4v) is 2.67. The second-order valence-electron chi connectivity index (χ2n) is 5.62. The maximum Gasteiger partial charge on any atom is 0.345 e. The van der Waals surface area contributed by atoms with Gasteiger partial charge in [0, 0.05) is 23.7 Å². The van der Waals surface area contributed by atoms with Crippen LogP contribution in [0.1, 0.15) is 15.9 Å². The molecular formula is C20H20N2O5. The van der Waals surface area contributed by atoms with Crippen molar-refractivity contribution in [2.75, 3.05) is 26.6 Å². The van der Waals surface area contributed by atoms with Crippen LogP contribution in [0.5, 0.6) is 11.5 Å². The molecule has 0 aliphatic heterocycles. The molecule has 0 saturated carbocycles. The number of esters is 1. The molecule has 0 aliphatic carbocycles. The van der Waals surface area contributed by atoms with Gasteiger partial charge in [0.25, 0.3) is 0 Å². The van der Waals surface area contributed by atoms with E-state index >= 15 is 0 Å². The number of hydrogen-bond donors (Lipinski definition) is 1. The molecule has 3 aromatic rings. The molecule has 0 saturated heterocycles. The molecule has 2 aromatic carbocycles. The summed E-state index contributed by atoms with van der Waals surface area (Å²) in [6.45, 7) is 0.362. The van der Waals surface area contributed by atoms with Gasteiger partial charge in [-0.25, -0.2) is 4.79 Å². The van der Waals surface area contributed by atoms with Gasteiger partial charge in [-0.3, -0.25) is 0 Å². The van der Waals surface area contributed by atoms with E-state index in [1.807, 2.05) is 42.5 Å². The molecule has 7 nitrogen and oxygen atoms in total. The van der Waals surface area contributed by atoms with Gasteiger partial charge in [0.1, 0.15) is 17.2 Å². The van der Waals surface area contributed by atoms with Crippen molar-refractivity contribution in [3.8, 4) is 22.8 Å². The highest BCUT2D eigenvalue weighted by atomic mass is 16.5. The van der Waals surface area contributed by atoms with Crippen molar-refractivity contribution in [3.63, 3.8) is 0 Å². The van der Waals surface area contributed by atoms with Crippen LogP contribution in [0, 0.1) is 0 Å². The Kier molecular flexibility index (Phi) is 5.61. The Morgan fingerprint density at radius 1 is 1.07 bits per heavy atom. The largest absolute Gasteiger partial charge is 0.497 e. The zero-order valence-electron chi connectivity index (χ0n) is 15.3. The molecule has 1 heterocycles. The van der Waals surface area contributed by atoms with Gasteiger partial charge in [-0.15, -0.1) is 0 Å². The van der Waals surface area contributed by atoms with E-state index in [0.29, 0.717) is 23.7 Å². The molecule has 0 unspecified atom stereocenters. The highest BCUT2D eigenvalue weighted by Crippen LogP contribution is 2.31. The quantitative estimate of drug-likeness (QED) is 0.636. The summed E-state index contributed by atoms with van der Waals surface area (Å²) >= 11 is 0. The van der Waals surface area contributed by atoms with Gasteiger partial charge in [-0.05, 0) is 12.1 Å². The topological polar surface area (TPSA) is 82.8 Å². The third kappa shape index (κ3) is 3.87. The highest BCUT2D eigenvalue weighted by Gasteiger charge is 2.25. The number of anilines is 1. The van der Waals surface area contributed by atoms with E-state index in [0.717, 1.165) is 11.1 Å². The first-order valence-corrected chi connectivity index (χ1v) is 8.26. The summed E-state index contributed by atoms with van der Waals surface area (Å²) in [6.07, 6.45) is 0. The van der Waals surface area contributed by atoms with Gasteiger partial charge in [-0.1, -0.05) is 35.5 Å². The number of aromatic nitrogens is 1. The molecule has 1 aromatic heterocycles. The standard InChI is InChI=1S/C20H20N2O5/c1-24-15-10-9-14(16(11-15)25-2)12-21-19-17(20(23)26-3)18(22-27-19)13-7-5-4-6-8-13/h4-11,21H,12H2,1-3H3.